The van der Waals surface area contributed by atoms with Gasteiger partial charge in [-0.3, -0.25) is 10.1 Å². The number of hydrogen-bond acceptors (Lipinski definition) is 5. The zero-order chi connectivity index (χ0) is 15.8. The molecule has 0 radical (unpaired) electrons. The second kappa shape index (κ2) is 5.88. The second-order valence-electron chi connectivity index (χ2n) is 5.10. The van der Waals surface area contributed by atoms with Crippen LogP contribution in [0.1, 0.15) is 19.8 Å². The molecule has 0 amide bonds. The zero-order valence-corrected chi connectivity index (χ0v) is 13.0. The standard InChI is InChI=1S/C12H16ClN3O4S/c1-8-3-2-6-15(12(8)14)21(19,20)11-7-9(16(17)18)4-5-10(11)13/h4-5,7-8,12H,2-3,6,14H2,1H3. The molecule has 0 aromatic heterocycles. The molecule has 2 N–H and O–H groups in total. The van der Waals surface area contributed by atoms with Gasteiger partial charge in [0.05, 0.1) is 16.1 Å². The summed E-state index contributed by atoms with van der Waals surface area (Å²) in [5.41, 5.74) is 5.64. The quantitative estimate of drug-likeness (QED) is 0.672. The fourth-order valence-corrected chi connectivity index (χ4v) is 4.53. The zero-order valence-electron chi connectivity index (χ0n) is 11.4. The van der Waals surface area contributed by atoms with Crippen molar-refractivity contribution in [3.05, 3.63) is 33.3 Å². The summed E-state index contributed by atoms with van der Waals surface area (Å²) in [6.45, 7) is 2.16. The fourth-order valence-electron chi connectivity index (χ4n) is 2.38. The smallest absolute Gasteiger partial charge is 0.270 e. The summed E-state index contributed by atoms with van der Waals surface area (Å²) in [6.07, 6.45) is 0.885. The lowest BCUT2D eigenvalue weighted by Gasteiger charge is -2.36. The first-order chi connectivity index (χ1) is 9.75. The molecule has 1 aliphatic rings. The predicted molar refractivity (Wildman–Crippen MR) is 78.4 cm³/mol. The van der Waals surface area contributed by atoms with Crippen LogP contribution in [0, 0.1) is 16.0 Å². The first kappa shape index (κ1) is 16.2. The van der Waals surface area contributed by atoms with Crippen molar-refractivity contribution < 1.29 is 13.3 Å². The van der Waals surface area contributed by atoms with Crippen LogP contribution >= 0.6 is 11.6 Å². The minimum Gasteiger partial charge on any atom is -0.315 e. The van der Waals surface area contributed by atoms with Crippen molar-refractivity contribution >= 4 is 27.3 Å². The molecule has 0 bridgehead atoms. The maximum Gasteiger partial charge on any atom is 0.270 e. The van der Waals surface area contributed by atoms with Gasteiger partial charge in [0.15, 0.2) is 0 Å². The number of sulfonamides is 1. The Hall–Kier alpha value is -1.22. The molecule has 2 unspecified atom stereocenters. The van der Waals surface area contributed by atoms with E-state index in [1.165, 1.54) is 16.4 Å². The minimum atomic E-state index is -3.96. The van der Waals surface area contributed by atoms with Crippen LogP contribution < -0.4 is 5.73 Å². The van der Waals surface area contributed by atoms with Crippen molar-refractivity contribution in [2.24, 2.45) is 11.7 Å². The highest BCUT2D eigenvalue weighted by atomic mass is 35.5. The molecule has 1 aliphatic heterocycles. The van der Waals surface area contributed by atoms with Gasteiger partial charge in [-0.05, 0) is 24.8 Å². The maximum atomic E-state index is 12.7. The Morgan fingerprint density at radius 3 is 2.76 bits per heavy atom. The van der Waals surface area contributed by atoms with Gasteiger partial charge in [-0.1, -0.05) is 18.5 Å². The van der Waals surface area contributed by atoms with Crippen molar-refractivity contribution in [1.82, 2.24) is 4.31 Å². The first-order valence-corrected chi connectivity index (χ1v) is 8.28. The Labute approximate surface area is 127 Å². The number of piperidine rings is 1. The van der Waals surface area contributed by atoms with Gasteiger partial charge in [0.1, 0.15) is 4.90 Å². The Bertz CT molecular complexity index is 664. The molecule has 1 aromatic rings. The Balaban J connectivity index is 2.48. The van der Waals surface area contributed by atoms with Gasteiger partial charge in [-0.15, -0.1) is 0 Å². The number of nitro benzene ring substituents is 1. The molecule has 1 heterocycles. The monoisotopic (exact) mass is 333 g/mol. The van der Waals surface area contributed by atoms with Crippen LogP contribution in [0.25, 0.3) is 0 Å². The third-order valence-electron chi connectivity index (χ3n) is 3.67. The third kappa shape index (κ3) is 3.03. The van der Waals surface area contributed by atoms with Crippen LogP contribution in [0.5, 0.6) is 0 Å². The molecule has 1 saturated heterocycles. The third-order valence-corrected chi connectivity index (χ3v) is 6.04. The van der Waals surface area contributed by atoms with Crippen LogP contribution in [0.2, 0.25) is 5.02 Å². The molecule has 116 valence electrons. The second-order valence-corrected chi connectivity index (χ2v) is 7.36. The number of nitro groups is 1. The van der Waals surface area contributed by atoms with E-state index in [1.807, 2.05) is 6.92 Å². The maximum absolute atomic E-state index is 12.7. The van der Waals surface area contributed by atoms with E-state index in [0.29, 0.717) is 6.42 Å². The lowest BCUT2D eigenvalue weighted by atomic mass is 9.99. The van der Waals surface area contributed by atoms with Gasteiger partial charge in [0.2, 0.25) is 10.0 Å². The van der Waals surface area contributed by atoms with Gasteiger partial charge in [0.25, 0.3) is 5.69 Å². The average molecular weight is 334 g/mol. The molecule has 9 heteroatoms. The molecule has 0 spiro atoms. The molecule has 2 rings (SSSR count). The van der Waals surface area contributed by atoms with Crippen LogP contribution in [0.15, 0.2) is 23.1 Å². The summed E-state index contributed by atoms with van der Waals surface area (Å²) in [5, 5.41) is 10.8. The van der Waals surface area contributed by atoms with E-state index in [9.17, 15) is 18.5 Å². The van der Waals surface area contributed by atoms with Crippen LogP contribution in [0.3, 0.4) is 0 Å². The Morgan fingerprint density at radius 2 is 2.14 bits per heavy atom. The molecule has 1 aromatic carbocycles. The Kier molecular flexibility index (Phi) is 4.52. The molecule has 2 atom stereocenters. The number of nitrogens with zero attached hydrogens (tertiary/aromatic N) is 2. The lowest BCUT2D eigenvalue weighted by Crippen LogP contribution is -2.52. The van der Waals surface area contributed by atoms with Gasteiger partial charge in [-0.25, -0.2) is 8.42 Å². The highest BCUT2D eigenvalue weighted by molar-refractivity contribution is 7.89. The summed E-state index contributed by atoms with van der Waals surface area (Å²) in [7, 11) is -3.96. The molecular weight excluding hydrogens is 318 g/mol. The number of non-ortho nitro benzene ring substituents is 1. The largest absolute Gasteiger partial charge is 0.315 e. The molecule has 7 nitrogen and oxygen atoms in total. The van der Waals surface area contributed by atoms with Crippen molar-refractivity contribution in [3.8, 4) is 0 Å². The summed E-state index contributed by atoms with van der Waals surface area (Å²) < 4.78 is 26.5. The van der Waals surface area contributed by atoms with Crippen molar-refractivity contribution in [2.75, 3.05) is 6.54 Å². The number of benzene rings is 1. The van der Waals surface area contributed by atoms with Gasteiger partial charge >= 0.3 is 0 Å². The number of halogens is 1. The summed E-state index contributed by atoms with van der Waals surface area (Å²) in [5.74, 6) is 0.0194. The number of nitrogens with two attached hydrogens (primary N) is 1. The summed E-state index contributed by atoms with van der Waals surface area (Å²) in [6, 6.07) is 3.36. The van der Waals surface area contributed by atoms with Crippen LogP contribution in [-0.2, 0) is 10.0 Å². The average Bonchev–Trinajstić information content (AvgIpc) is 2.41. The van der Waals surface area contributed by atoms with E-state index in [1.54, 1.807) is 0 Å². The number of rotatable bonds is 3. The number of hydrogen-bond donors (Lipinski definition) is 1. The minimum absolute atomic E-state index is 0.0194. The topological polar surface area (TPSA) is 107 Å². The highest BCUT2D eigenvalue weighted by Crippen LogP contribution is 2.32. The van der Waals surface area contributed by atoms with Crippen LogP contribution in [-0.4, -0.2) is 30.4 Å². The van der Waals surface area contributed by atoms with Crippen molar-refractivity contribution in [3.63, 3.8) is 0 Å². The van der Waals surface area contributed by atoms with Crippen LogP contribution in [0.4, 0.5) is 5.69 Å². The fraction of sp³-hybridized carbons (Fsp3) is 0.500. The molecule has 0 aliphatic carbocycles. The SMILES string of the molecule is CC1CCCN(S(=O)(=O)c2cc([N+](=O)[O-])ccc2Cl)C1N. The van der Waals surface area contributed by atoms with E-state index in [4.69, 9.17) is 17.3 Å². The van der Waals surface area contributed by atoms with Crippen molar-refractivity contribution in [1.29, 1.82) is 0 Å². The van der Waals surface area contributed by atoms with Crippen molar-refractivity contribution in [2.45, 2.75) is 30.8 Å². The summed E-state index contributed by atoms with van der Waals surface area (Å²) >= 11 is 5.92. The molecule has 1 fully saturated rings. The van der Waals surface area contributed by atoms with E-state index >= 15 is 0 Å². The Morgan fingerprint density at radius 1 is 1.48 bits per heavy atom. The molecule has 21 heavy (non-hydrogen) atoms. The molecule has 0 saturated carbocycles. The van der Waals surface area contributed by atoms with Gasteiger partial charge < -0.3 is 5.73 Å². The van der Waals surface area contributed by atoms with Gasteiger partial charge in [-0.2, -0.15) is 4.31 Å². The first-order valence-electron chi connectivity index (χ1n) is 6.46. The van der Waals surface area contributed by atoms with E-state index in [-0.39, 0.29) is 28.1 Å². The van der Waals surface area contributed by atoms with Gasteiger partial charge in [0, 0.05) is 18.7 Å². The normalized spacial score (nSPS) is 24.0. The lowest BCUT2D eigenvalue weighted by molar-refractivity contribution is -0.385. The molecular formula is C12H16ClN3O4S. The summed E-state index contributed by atoms with van der Waals surface area (Å²) in [4.78, 5) is 9.88. The van der Waals surface area contributed by atoms with E-state index in [0.717, 1.165) is 12.5 Å². The predicted octanol–water partition coefficient (Wildman–Crippen LogP) is 1.95. The highest BCUT2D eigenvalue weighted by Gasteiger charge is 2.36. The van der Waals surface area contributed by atoms with E-state index < -0.39 is 21.1 Å². The van der Waals surface area contributed by atoms with E-state index in [2.05, 4.69) is 0 Å².